The molecule has 1 unspecified atom stereocenters. The van der Waals surface area contributed by atoms with Crippen LogP contribution in [0.15, 0.2) is 24.3 Å². The van der Waals surface area contributed by atoms with Gasteiger partial charge in [0, 0.05) is 44.5 Å². The smallest absolute Gasteiger partial charge is 0.319 e. The molecule has 1 aromatic rings. The lowest BCUT2D eigenvalue weighted by Gasteiger charge is -2.32. The number of benzene rings is 1. The summed E-state index contributed by atoms with van der Waals surface area (Å²) < 4.78 is 10.8. The minimum absolute atomic E-state index is 0.147. The van der Waals surface area contributed by atoms with E-state index in [1.54, 1.807) is 0 Å². The van der Waals surface area contributed by atoms with Crippen molar-refractivity contribution in [1.29, 1.82) is 0 Å². The zero-order valence-electron chi connectivity index (χ0n) is 16.3. The van der Waals surface area contributed by atoms with Gasteiger partial charge in [-0.1, -0.05) is 12.1 Å². The lowest BCUT2D eigenvalue weighted by Crippen LogP contribution is -2.38. The zero-order valence-corrected chi connectivity index (χ0v) is 16.3. The van der Waals surface area contributed by atoms with Crippen molar-refractivity contribution in [2.45, 2.75) is 19.4 Å². The van der Waals surface area contributed by atoms with Crippen LogP contribution in [0.4, 0.5) is 10.5 Å². The van der Waals surface area contributed by atoms with E-state index >= 15 is 0 Å². The first-order valence-corrected chi connectivity index (χ1v) is 9.99. The van der Waals surface area contributed by atoms with Gasteiger partial charge in [-0.3, -0.25) is 9.80 Å². The van der Waals surface area contributed by atoms with Crippen molar-refractivity contribution in [1.82, 2.24) is 15.1 Å². The van der Waals surface area contributed by atoms with Crippen molar-refractivity contribution >= 4 is 11.7 Å². The minimum Gasteiger partial charge on any atom is -0.379 e. The molecule has 0 bridgehead atoms. The van der Waals surface area contributed by atoms with Gasteiger partial charge in [-0.05, 0) is 37.6 Å². The fourth-order valence-electron chi connectivity index (χ4n) is 3.53. The molecule has 0 aliphatic carbocycles. The second-order valence-corrected chi connectivity index (χ2v) is 7.13. The molecule has 7 heteroatoms. The first-order valence-electron chi connectivity index (χ1n) is 9.99. The maximum Gasteiger partial charge on any atom is 0.319 e. The summed E-state index contributed by atoms with van der Waals surface area (Å²) >= 11 is 0. The summed E-state index contributed by atoms with van der Waals surface area (Å²) in [5, 5.41) is 5.84. The van der Waals surface area contributed by atoms with Crippen molar-refractivity contribution in [3.8, 4) is 0 Å². The molecule has 1 atom stereocenters. The highest BCUT2D eigenvalue weighted by atomic mass is 16.5. The van der Waals surface area contributed by atoms with Crippen molar-refractivity contribution in [2.24, 2.45) is 0 Å². The second-order valence-electron chi connectivity index (χ2n) is 7.13. The van der Waals surface area contributed by atoms with Gasteiger partial charge < -0.3 is 20.1 Å². The maximum absolute atomic E-state index is 12.1. The summed E-state index contributed by atoms with van der Waals surface area (Å²) in [6.45, 7) is 11.0. The number of urea groups is 1. The number of anilines is 1. The van der Waals surface area contributed by atoms with Gasteiger partial charge in [0.15, 0.2) is 0 Å². The number of carbonyl (C=O) groups is 1. The Bertz CT molecular complexity index is 569. The third-order valence-corrected chi connectivity index (χ3v) is 5.28. The van der Waals surface area contributed by atoms with Crippen LogP contribution in [-0.2, 0) is 9.47 Å². The van der Waals surface area contributed by atoms with Gasteiger partial charge in [-0.2, -0.15) is 0 Å². The molecule has 27 heavy (non-hydrogen) atoms. The van der Waals surface area contributed by atoms with E-state index in [9.17, 15) is 4.79 Å². The zero-order chi connectivity index (χ0) is 18.9. The van der Waals surface area contributed by atoms with Crippen LogP contribution in [0.5, 0.6) is 0 Å². The molecule has 2 fully saturated rings. The number of nitrogens with zero attached hydrogens (tertiary/aromatic N) is 2. The molecule has 1 aromatic carbocycles. The topological polar surface area (TPSA) is 66.1 Å². The summed E-state index contributed by atoms with van der Waals surface area (Å²) in [6.07, 6.45) is 0.948. The highest BCUT2D eigenvalue weighted by Crippen LogP contribution is 2.22. The van der Waals surface area contributed by atoms with E-state index in [0.717, 1.165) is 71.3 Å². The standard InChI is InChI=1S/C20H32N4O3/c1-17(24-11-15-27-16-12-24)18-3-5-19(6-4-18)22-20(25)21-7-2-8-23-9-13-26-14-10-23/h3-6,17H,2,7-16H2,1H3,(H2,21,22,25). The average molecular weight is 377 g/mol. The van der Waals surface area contributed by atoms with E-state index in [-0.39, 0.29) is 6.03 Å². The number of amides is 2. The van der Waals surface area contributed by atoms with Gasteiger partial charge in [0.25, 0.3) is 0 Å². The predicted octanol–water partition coefficient (Wildman–Crippen LogP) is 1.92. The second kappa shape index (κ2) is 10.6. The monoisotopic (exact) mass is 376 g/mol. The molecular weight excluding hydrogens is 344 g/mol. The number of carbonyl (C=O) groups excluding carboxylic acids is 1. The molecule has 2 amide bonds. The van der Waals surface area contributed by atoms with Crippen molar-refractivity contribution in [3.63, 3.8) is 0 Å². The quantitative estimate of drug-likeness (QED) is 0.712. The number of morpholine rings is 2. The number of ether oxygens (including phenoxy) is 2. The molecule has 3 rings (SSSR count). The Hall–Kier alpha value is -1.67. The van der Waals surface area contributed by atoms with Gasteiger partial charge >= 0.3 is 6.03 Å². The highest BCUT2D eigenvalue weighted by Gasteiger charge is 2.18. The Morgan fingerprint density at radius 2 is 1.67 bits per heavy atom. The molecule has 2 saturated heterocycles. The van der Waals surface area contributed by atoms with Crippen LogP contribution in [0.25, 0.3) is 0 Å². The normalized spacial score (nSPS) is 20.2. The van der Waals surface area contributed by atoms with Crippen LogP contribution in [0, 0.1) is 0 Å². The summed E-state index contributed by atoms with van der Waals surface area (Å²) in [7, 11) is 0. The molecule has 150 valence electrons. The van der Waals surface area contributed by atoms with E-state index in [4.69, 9.17) is 9.47 Å². The minimum atomic E-state index is -0.147. The lowest BCUT2D eigenvalue weighted by atomic mass is 10.1. The molecule has 2 aliphatic rings. The fourth-order valence-corrected chi connectivity index (χ4v) is 3.53. The lowest BCUT2D eigenvalue weighted by molar-refractivity contribution is 0.0198. The summed E-state index contributed by atoms with van der Waals surface area (Å²) in [5.41, 5.74) is 2.08. The first-order chi connectivity index (χ1) is 13.2. The number of rotatable bonds is 7. The van der Waals surface area contributed by atoms with Gasteiger partial charge in [-0.25, -0.2) is 4.79 Å². The van der Waals surface area contributed by atoms with Crippen LogP contribution in [0.1, 0.15) is 24.9 Å². The Labute approximate surface area is 162 Å². The molecular formula is C20H32N4O3. The van der Waals surface area contributed by atoms with Crippen LogP contribution >= 0.6 is 0 Å². The predicted molar refractivity (Wildman–Crippen MR) is 106 cm³/mol. The van der Waals surface area contributed by atoms with Gasteiger partial charge in [0.1, 0.15) is 0 Å². The van der Waals surface area contributed by atoms with Gasteiger partial charge in [0.05, 0.1) is 26.4 Å². The summed E-state index contributed by atoms with van der Waals surface area (Å²) in [5.74, 6) is 0. The SMILES string of the molecule is CC(c1ccc(NC(=O)NCCCN2CCOCC2)cc1)N1CCOCC1. The Morgan fingerprint density at radius 3 is 2.33 bits per heavy atom. The molecule has 0 saturated carbocycles. The Kier molecular flexibility index (Phi) is 7.89. The van der Waals surface area contributed by atoms with Crippen molar-refractivity contribution < 1.29 is 14.3 Å². The van der Waals surface area contributed by atoms with Crippen LogP contribution < -0.4 is 10.6 Å². The number of nitrogens with one attached hydrogen (secondary N) is 2. The summed E-state index contributed by atoms with van der Waals surface area (Å²) in [4.78, 5) is 16.8. The first kappa shape index (κ1) is 20.1. The van der Waals surface area contributed by atoms with E-state index < -0.39 is 0 Å². The van der Waals surface area contributed by atoms with Crippen LogP contribution in [0.2, 0.25) is 0 Å². The van der Waals surface area contributed by atoms with Crippen molar-refractivity contribution in [3.05, 3.63) is 29.8 Å². The Balaban J connectivity index is 1.36. The maximum atomic E-state index is 12.1. The van der Waals surface area contributed by atoms with E-state index in [1.165, 1.54) is 5.56 Å². The van der Waals surface area contributed by atoms with Gasteiger partial charge in [0.2, 0.25) is 0 Å². The molecule has 2 heterocycles. The van der Waals surface area contributed by atoms with E-state index in [0.29, 0.717) is 12.6 Å². The average Bonchev–Trinajstić information content (AvgIpc) is 2.73. The van der Waals surface area contributed by atoms with E-state index in [2.05, 4.69) is 39.5 Å². The molecule has 2 aliphatic heterocycles. The summed E-state index contributed by atoms with van der Waals surface area (Å²) in [6, 6.07) is 8.34. The molecule has 0 spiro atoms. The number of hydrogen-bond acceptors (Lipinski definition) is 5. The highest BCUT2D eigenvalue weighted by molar-refractivity contribution is 5.89. The molecule has 2 N–H and O–H groups in total. The van der Waals surface area contributed by atoms with Crippen LogP contribution in [0.3, 0.4) is 0 Å². The number of hydrogen-bond donors (Lipinski definition) is 2. The largest absolute Gasteiger partial charge is 0.379 e. The third-order valence-electron chi connectivity index (χ3n) is 5.28. The van der Waals surface area contributed by atoms with Gasteiger partial charge in [-0.15, -0.1) is 0 Å². The third kappa shape index (κ3) is 6.46. The van der Waals surface area contributed by atoms with Crippen molar-refractivity contribution in [2.75, 3.05) is 71.0 Å². The fraction of sp³-hybridized carbons (Fsp3) is 0.650. The van der Waals surface area contributed by atoms with E-state index in [1.807, 2.05) is 12.1 Å². The molecule has 7 nitrogen and oxygen atoms in total. The molecule has 0 radical (unpaired) electrons. The Morgan fingerprint density at radius 1 is 1.04 bits per heavy atom. The molecule has 0 aromatic heterocycles. The van der Waals surface area contributed by atoms with Crippen LogP contribution in [-0.4, -0.2) is 81.5 Å².